The molecule has 3 rings (SSSR count). The number of para-hydroxylation sites is 1. The lowest BCUT2D eigenvalue weighted by molar-refractivity contribution is 0.616. The zero-order valence-electron chi connectivity index (χ0n) is 10.9. The first-order chi connectivity index (χ1) is 9.70. The highest BCUT2D eigenvalue weighted by Gasteiger charge is 2.13. The smallest absolute Gasteiger partial charge is 0.265 e. The van der Waals surface area contributed by atoms with Crippen molar-refractivity contribution < 1.29 is 4.42 Å². The first kappa shape index (κ1) is 13.1. The van der Waals surface area contributed by atoms with Gasteiger partial charge in [0.1, 0.15) is 22.1 Å². The maximum atomic E-state index is 12.0. The van der Waals surface area contributed by atoms with Crippen LogP contribution in [0.4, 0.5) is 0 Å². The van der Waals surface area contributed by atoms with E-state index in [9.17, 15) is 4.79 Å². The number of nitrogens with zero attached hydrogens (tertiary/aromatic N) is 1. The molecule has 0 saturated carbocycles. The summed E-state index contributed by atoms with van der Waals surface area (Å²) in [6.45, 7) is 2.06. The number of fused-ring (bicyclic) bond motifs is 1. The van der Waals surface area contributed by atoms with Crippen LogP contribution in [-0.2, 0) is 6.42 Å². The van der Waals surface area contributed by atoms with Crippen LogP contribution >= 0.6 is 15.9 Å². The second-order valence-corrected chi connectivity index (χ2v) is 5.36. The van der Waals surface area contributed by atoms with E-state index in [1.807, 2.05) is 24.3 Å². The first-order valence-corrected chi connectivity index (χ1v) is 7.25. The standard InChI is InChI=1S/C15H13BrN2O2/c1-2-5-11-13(16)15(19)18-14(17-11)10-8-20-12-7-4-3-6-9(10)12/h3-4,6-8H,2,5H2,1H3,(H,17,18,19). The Hall–Kier alpha value is -1.88. The zero-order chi connectivity index (χ0) is 14.1. The van der Waals surface area contributed by atoms with E-state index in [4.69, 9.17) is 4.42 Å². The molecule has 102 valence electrons. The van der Waals surface area contributed by atoms with Crippen LogP contribution in [0, 0.1) is 0 Å². The summed E-state index contributed by atoms with van der Waals surface area (Å²) in [7, 11) is 0. The molecule has 0 aliphatic heterocycles. The number of hydrogen-bond acceptors (Lipinski definition) is 3. The van der Waals surface area contributed by atoms with Gasteiger partial charge in [0.2, 0.25) is 0 Å². The van der Waals surface area contributed by atoms with E-state index in [2.05, 4.69) is 32.8 Å². The molecule has 0 atom stereocenters. The summed E-state index contributed by atoms with van der Waals surface area (Å²) in [4.78, 5) is 19.3. The van der Waals surface area contributed by atoms with Crippen molar-refractivity contribution in [1.29, 1.82) is 0 Å². The van der Waals surface area contributed by atoms with Crippen molar-refractivity contribution in [1.82, 2.24) is 9.97 Å². The number of rotatable bonds is 3. The number of hydrogen-bond donors (Lipinski definition) is 1. The molecule has 1 N–H and O–H groups in total. The van der Waals surface area contributed by atoms with E-state index in [0.717, 1.165) is 35.1 Å². The normalized spacial score (nSPS) is 11.1. The van der Waals surface area contributed by atoms with Gasteiger partial charge in [-0.3, -0.25) is 4.79 Å². The van der Waals surface area contributed by atoms with Crippen LogP contribution in [0.15, 0.2) is 44.2 Å². The SMILES string of the molecule is CCCc1nc(-c2coc3ccccc23)[nH]c(=O)c1Br. The molecule has 0 aliphatic rings. The van der Waals surface area contributed by atoms with Crippen molar-refractivity contribution in [2.75, 3.05) is 0 Å². The zero-order valence-corrected chi connectivity index (χ0v) is 12.5. The molecule has 0 unspecified atom stereocenters. The summed E-state index contributed by atoms with van der Waals surface area (Å²) in [5.74, 6) is 0.548. The van der Waals surface area contributed by atoms with Crippen LogP contribution in [0.3, 0.4) is 0 Å². The second kappa shape index (κ2) is 5.25. The van der Waals surface area contributed by atoms with E-state index >= 15 is 0 Å². The van der Waals surface area contributed by atoms with Gasteiger partial charge in [0, 0.05) is 5.39 Å². The Morgan fingerprint density at radius 1 is 1.35 bits per heavy atom. The quantitative estimate of drug-likeness (QED) is 0.791. The minimum Gasteiger partial charge on any atom is -0.464 e. The summed E-state index contributed by atoms with van der Waals surface area (Å²) in [5.41, 5.74) is 2.20. The van der Waals surface area contributed by atoms with Crippen molar-refractivity contribution >= 4 is 26.9 Å². The number of benzene rings is 1. The number of furan rings is 1. The summed E-state index contributed by atoms with van der Waals surface area (Å²) in [5, 5.41) is 0.945. The molecule has 20 heavy (non-hydrogen) atoms. The molecule has 2 heterocycles. The van der Waals surface area contributed by atoms with E-state index in [-0.39, 0.29) is 5.56 Å². The number of nitrogens with one attached hydrogen (secondary N) is 1. The molecule has 5 heteroatoms. The van der Waals surface area contributed by atoms with Crippen LogP contribution < -0.4 is 5.56 Å². The van der Waals surface area contributed by atoms with Gasteiger partial charge in [0.15, 0.2) is 0 Å². The van der Waals surface area contributed by atoms with Gasteiger partial charge < -0.3 is 9.40 Å². The molecule has 0 fully saturated rings. The minimum atomic E-state index is -0.163. The van der Waals surface area contributed by atoms with E-state index in [0.29, 0.717) is 10.3 Å². The molecule has 0 bridgehead atoms. The van der Waals surface area contributed by atoms with Crippen molar-refractivity contribution in [2.24, 2.45) is 0 Å². The largest absolute Gasteiger partial charge is 0.464 e. The van der Waals surface area contributed by atoms with Gasteiger partial charge in [-0.1, -0.05) is 31.5 Å². The average molecular weight is 333 g/mol. The monoisotopic (exact) mass is 332 g/mol. The molecule has 1 aromatic carbocycles. The molecule has 0 saturated heterocycles. The Balaban J connectivity index is 2.22. The maximum Gasteiger partial charge on any atom is 0.265 e. The van der Waals surface area contributed by atoms with Crippen LogP contribution in [0.5, 0.6) is 0 Å². The Morgan fingerprint density at radius 3 is 2.95 bits per heavy atom. The third kappa shape index (κ3) is 2.18. The average Bonchev–Trinajstić information content (AvgIpc) is 2.88. The number of H-pyrrole nitrogens is 1. The third-order valence-electron chi connectivity index (χ3n) is 3.15. The van der Waals surface area contributed by atoms with Gasteiger partial charge in [-0.15, -0.1) is 0 Å². The maximum absolute atomic E-state index is 12.0. The fourth-order valence-corrected chi connectivity index (χ4v) is 2.58. The Labute approximate surface area is 124 Å². The molecule has 2 aromatic heterocycles. The van der Waals surface area contributed by atoms with Crippen molar-refractivity contribution in [3.8, 4) is 11.4 Å². The van der Waals surface area contributed by atoms with Crippen molar-refractivity contribution in [3.05, 3.63) is 51.0 Å². The van der Waals surface area contributed by atoms with Crippen molar-refractivity contribution in [3.63, 3.8) is 0 Å². The van der Waals surface area contributed by atoms with Gasteiger partial charge in [0.05, 0.1) is 11.3 Å². The van der Waals surface area contributed by atoms with E-state index in [1.165, 1.54) is 0 Å². The molecule has 0 radical (unpaired) electrons. The molecule has 4 nitrogen and oxygen atoms in total. The van der Waals surface area contributed by atoms with Gasteiger partial charge in [-0.25, -0.2) is 4.98 Å². The molecular weight excluding hydrogens is 320 g/mol. The van der Waals surface area contributed by atoms with Crippen LogP contribution in [0.2, 0.25) is 0 Å². The molecule has 0 amide bonds. The van der Waals surface area contributed by atoms with Gasteiger partial charge in [-0.2, -0.15) is 0 Å². The van der Waals surface area contributed by atoms with Gasteiger partial charge in [0.25, 0.3) is 5.56 Å². The Bertz CT molecular complexity index is 820. The van der Waals surface area contributed by atoms with Crippen LogP contribution in [-0.4, -0.2) is 9.97 Å². The fraction of sp³-hybridized carbons (Fsp3) is 0.200. The van der Waals surface area contributed by atoms with Gasteiger partial charge >= 0.3 is 0 Å². The highest BCUT2D eigenvalue weighted by atomic mass is 79.9. The second-order valence-electron chi connectivity index (χ2n) is 4.57. The number of aromatic nitrogens is 2. The Kier molecular flexibility index (Phi) is 3.44. The topological polar surface area (TPSA) is 58.9 Å². The highest BCUT2D eigenvalue weighted by molar-refractivity contribution is 9.10. The van der Waals surface area contributed by atoms with E-state index < -0.39 is 0 Å². The highest BCUT2D eigenvalue weighted by Crippen LogP contribution is 2.28. The first-order valence-electron chi connectivity index (χ1n) is 6.46. The van der Waals surface area contributed by atoms with Crippen LogP contribution in [0.1, 0.15) is 19.0 Å². The summed E-state index contributed by atoms with van der Waals surface area (Å²) >= 11 is 3.30. The molecule has 3 aromatic rings. The summed E-state index contributed by atoms with van der Waals surface area (Å²) in [6, 6.07) is 7.69. The molecule has 0 aliphatic carbocycles. The molecular formula is C15H13BrN2O2. The van der Waals surface area contributed by atoms with Gasteiger partial charge in [-0.05, 0) is 28.4 Å². The summed E-state index contributed by atoms with van der Waals surface area (Å²) < 4.78 is 6.01. The lowest BCUT2D eigenvalue weighted by Gasteiger charge is -2.04. The predicted molar refractivity (Wildman–Crippen MR) is 81.8 cm³/mol. The fourth-order valence-electron chi connectivity index (χ4n) is 2.20. The van der Waals surface area contributed by atoms with Crippen molar-refractivity contribution in [2.45, 2.75) is 19.8 Å². The molecule has 0 spiro atoms. The van der Waals surface area contributed by atoms with E-state index in [1.54, 1.807) is 6.26 Å². The number of halogens is 1. The number of aromatic amines is 1. The van der Waals surface area contributed by atoms with Crippen LogP contribution in [0.25, 0.3) is 22.4 Å². The third-order valence-corrected chi connectivity index (χ3v) is 3.97. The predicted octanol–water partition coefficient (Wildman–Crippen LogP) is 3.90. The summed E-state index contributed by atoms with van der Waals surface area (Å²) in [6.07, 6.45) is 3.32. The lowest BCUT2D eigenvalue weighted by Crippen LogP contribution is -2.13. The lowest BCUT2D eigenvalue weighted by atomic mass is 10.1. The Morgan fingerprint density at radius 2 is 2.15 bits per heavy atom. The minimum absolute atomic E-state index is 0.163. The number of aryl methyl sites for hydroxylation is 1.